The number of methoxy groups -OCH3 is 1. The zero-order valence-corrected chi connectivity index (χ0v) is 24.3. The van der Waals surface area contributed by atoms with Gasteiger partial charge in [0, 0.05) is 64.7 Å². The number of nitrogens with one attached hydrogen (secondary N) is 1. The number of ether oxygens (including phenoxy) is 1. The van der Waals surface area contributed by atoms with Gasteiger partial charge in [-0.2, -0.15) is 5.26 Å². The summed E-state index contributed by atoms with van der Waals surface area (Å²) in [5.41, 5.74) is 4.07. The number of benzene rings is 2. The Balaban J connectivity index is 1.43. The Kier molecular flexibility index (Phi) is 6.50. The number of aryl methyl sites for hydroxylation is 2. The van der Waals surface area contributed by atoms with Crippen LogP contribution in [0, 0.1) is 35.9 Å². The number of H-pyrrole nitrogens is 1. The number of amides is 1. The summed E-state index contributed by atoms with van der Waals surface area (Å²) in [4.78, 5) is 23.9. The topological polar surface area (TPSA) is 82.0 Å². The van der Waals surface area contributed by atoms with Crippen LogP contribution in [-0.4, -0.2) is 40.0 Å². The molecule has 1 amide bonds. The first-order valence-corrected chi connectivity index (χ1v) is 14.9. The lowest BCUT2D eigenvalue weighted by atomic mass is 9.92. The van der Waals surface area contributed by atoms with Crippen molar-refractivity contribution in [1.29, 1.82) is 5.26 Å². The first-order valence-electron chi connectivity index (χ1n) is 14.1. The van der Waals surface area contributed by atoms with Gasteiger partial charge in [-0.05, 0) is 62.8 Å². The fraction of sp³-hybridized carbons (Fsp3) is 0.406. The van der Waals surface area contributed by atoms with Gasteiger partial charge in [0.05, 0.1) is 33.8 Å². The number of aromatic amines is 1. The Morgan fingerprint density at radius 1 is 1.24 bits per heavy atom. The molecule has 1 aliphatic heterocycles. The van der Waals surface area contributed by atoms with Gasteiger partial charge >= 0.3 is 0 Å². The first-order chi connectivity index (χ1) is 19.8. The van der Waals surface area contributed by atoms with Crippen LogP contribution in [0.5, 0.6) is 0 Å². The summed E-state index contributed by atoms with van der Waals surface area (Å²) >= 11 is 12.8. The van der Waals surface area contributed by atoms with Crippen molar-refractivity contribution in [2.45, 2.75) is 63.6 Å². The maximum atomic E-state index is 16.5. The minimum Gasteiger partial charge on any atom is -0.381 e. The van der Waals surface area contributed by atoms with E-state index in [2.05, 4.69) is 22.0 Å². The molecular weight excluding hydrogens is 562 g/mol. The highest BCUT2D eigenvalue weighted by Gasteiger charge is 2.56. The first kappa shape index (κ1) is 26.7. The zero-order valence-electron chi connectivity index (χ0n) is 22.8. The van der Waals surface area contributed by atoms with Crippen LogP contribution in [0.25, 0.3) is 32.9 Å². The molecule has 4 atom stereocenters. The van der Waals surface area contributed by atoms with Crippen molar-refractivity contribution >= 4 is 50.9 Å². The molecule has 0 spiro atoms. The number of carbonyl (C=O) groups is 1. The normalized spacial score (nSPS) is 23.6. The summed E-state index contributed by atoms with van der Waals surface area (Å²) in [5.74, 6) is 0.0636. The molecule has 2 aromatic carbocycles. The molecule has 3 fully saturated rings. The molecule has 0 radical (unpaired) electrons. The Hall–Kier alpha value is -3.18. The summed E-state index contributed by atoms with van der Waals surface area (Å²) in [6, 6.07) is 11.4. The van der Waals surface area contributed by atoms with Crippen molar-refractivity contribution in [2.75, 3.05) is 7.11 Å². The van der Waals surface area contributed by atoms with E-state index in [0.717, 1.165) is 42.3 Å². The SMILES string of the molecule is COC1CC2CC1C(c1cc3c(C)nc4c(F)c(-c5cccc(Cl)c5Cl)c(CCC#N)cc4c3[nH]1)N2C(=O)C1CC1. The third-order valence-corrected chi connectivity index (χ3v) is 10.1. The van der Waals surface area contributed by atoms with Crippen LogP contribution < -0.4 is 0 Å². The molecule has 41 heavy (non-hydrogen) atoms. The predicted molar refractivity (Wildman–Crippen MR) is 157 cm³/mol. The summed E-state index contributed by atoms with van der Waals surface area (Å²) in [6.07, 6.45) is 4.35. The van der Waals surface area contributed by atoms with Gasteiger partial charge in [0.1, 0.15) is 5.52 Å². The summed E-state index contributed by atoms with van der Waals surface area (Å²) in [5, 5.41) is 11.5. The molecule has 2 aliphatic carbocycles. The quantitative estimate of drug-likeness (QED) is 0.249. The van der Waals surface area contributed by atoms with Crippen molar-refractivity contribution in [2.24, 2.45) is 11.8 Å². The molecule has 1 N–H and O–H groups in total. The van der Waals surface area contributed by atoms with Crippen molar-refractivity contribution in [1.82, 2.24) is 14.9 Å². The number of aromatic nitrogens is 2. The molecule has 3 heterocycles. The highest BCUT2D eigenvalue weighted by Crippen LogP contribution is 2.53. The summed E-state index contributed by atoms with van der Waals surface area (Å²) in [6.45, 7) is 1.88. The van der Waals surface area contributed by atoms with Crippen molar-refractivity contribution < 1.29 is 13.9 Å². The number of halogens is 3. The smallest absolute Gasteiger partial charge is 0.226 e. The van der Waals surface area contributed by atoms with Crippen LogP contribution in [0.1, 0.15) is 55.1 Å². The molecule has 6 nitrogen and oxygen atoms in total. The van der Waals surface area contributed by atoms with Gasteiger partial charge in [-0.1, -0.05) is 35.3 Å². The van der Waals surface area contributed by atoms with Crippen LogP contribution >= 0.6 is 23.2 Å². The Bertz CT molecular complexity index is 1780. The number of hydrogen-bond acceptors (Lipinski definition) is 4. The molecule has 2 bridgehead atoms. The maximum absolute atomic E-state index is 16.5. The third-order valence-electron chi connectivity index (χ3n) is 9.25. The highest BCUT2D eigenvalue weighted by atomic mass is 35.5. The Morgan fingerprint density at radius 3 is 2.78 bits per heavy atom. The minimum atomic E-state index is -0.495. The number of rotatable bonds is 6. The van der Waals surface area contributed by atoms with E-state index in [1.54, 1.807) is 25.3 Å². The number of pyridine rings is 1. The fourth-order valence-corrected chi connectivity index (χ4v) is 7.63. The summed E-state index contributed by atoms with van der Waals surface area (Å²) < 4.78 is 22.4. The second kappa shape index (κ2) is 9.97. The van der Waals surface area contributed by atoms with Crippen molar-refractivity contribution in [3.63, 3.8) is 0 Å². The van der Waals surface area contributed by atoms with Gasteiger partial charge in [0.2, 0.25) is 5.91 Å². The predicted octanol–water partition coefficient (Wildman–Crippen LogP) is 7.68. The molecule has 210 valence electrons. The standard InChI is InChI=1S/C32H29Cl2FN4O2/c1-15-20-14-24(31-21-12-18(13-25(21)41-2)39(31)32(40)16-8-9-16)38-29(20)22-11-17(5-4-10-36)26(28(35)30(22)37-15)19-6-3-7-23(33)27(19)34/h3,6-7,11,14,16,18,21,25,31,38H,4-5,8-9,12-13H2,1-2H3. The Labute approximate surface area is 247 Å². The van der Waals surface area contributed by atoms with E-state index in [-0.39, 0.29) is 52.9 Å². The fourth-order valence-electron chi connectivity index (χ4n) is 7.24. The van der Waals surface area contributed by atoms with Gasteiger partial charge in [-0.3, -0.25) is 4.79 Å². The van der Waals surface area contributed by atoms with Crippen molar-refractivity contribution in [3.8, 4) is 17.2 Å². The molecule has 4 aromatic rings. The van der Waals surface area contributed by atoms with E-state index in [9.17, 15) is 10.1 Å². The molecule has 3 aliphatic rings. The van der Waals surface area contributed by atoms with Crippen molar-refractivity contribution in [3.05, 3.63) is 63.1 Å². The number of fused-ring (bicyclic) bond motifs is 5. The Morgan fingerprint density at radius 2 is 2.05 bits per heavy atom. The van der Waals surface area contributed by atoms with Crippen LogP contribution in [0.3, 0.4) is 0 Å². The molecule has 1 saturated heterocycles. The maximum Gasteiger partial charge on any atom is 0.226 e. The number of hydrogen-bond donors (Lipinski definition) is 1. The number of likely N-dealkylation sites (tertiary alicyclic amines) is 1. The van der Waals surface area contributed by atoms with E-state index >= 15 is 4.39 Å². The van der Waals surface area contributed by atoms with Gasteiger partial charge in [-0.25, -0.2) is 9.37 Å². The van der Waals surface area contributed by atoms with Gasteiger partial charge in [-0.15, -0.1) is 0 Å². The number of nitriles is 1. The van der Waals surface area contributed by atoms with E-state index in [0.29, 0.717) is 39.2 Å². The van der Waals surface area contributed by atoms with Gasteiger partial charge in [0.15, 0.2) is 5.82 Å². The molecular formula is C32H29Cl2FN4O2. The van der Waals surface area contributed by atoms with Crippen LogP contribution in [-0.2, 0) is 16.0 Å². The number of carbonyl (C=O) groups excluding carboxylic acids is 1. The lowest BCUT2D eigenvalue weighted by molar-refractivity contribution is -0.139. The average molecular weight is 592 g/mol. The van der Waals surface area contributed by atoms with Gasteiger partial charge < -0.3 is 14.6 Å². The molecule has 2 aromatic heterocycles. The number of piperidine rings is 1. The molecule has 9 heteroatoms. The van der Waals surface area contributed by atoms with Crippen LogP contribution in [0.2, 0.25) is 10.0 Å². The monoisotopic (exact) mass is 590 g/mol. The lowest BCUT2D eigenvalue weighted by Crippen LogP contribution is -2.45. The molecule has 2 saturated carbocycles. The molecule has 4 unspecified atom stereocenters. The van der Waals surface area contributed by atoms with E-state index in [1.807, 2.05) is 13.0 Å². The second-order valence-corrected chi connectivity index (χ2v) is 12.4. The highest BCUT2D eigenvalue weighted by molar-refractivity contribution is 6.43. The minimum absolute atomic E-state index is 0.0932. The third kappa shape index (κ3) is 4.14. The van der Waals surface area contributed by atoms with E-state index < -0.39 is 5.82 Å². The van der Waals surface area contributed by atoms with E-state index in [4.69, 9.17) is 32.9 Å². The van der Waals surface area contributed by atoms with Crippen LogP contribution in [0.4, 0.5) is 4.39 Å². The molecule has 7 rings (SSSR count). The average Bonchev–Trinajstić information content (AvgIpc) is 3.42. The summed E-state index contributed by atoms with van der Waals surface area (Å²) in [7, 11) is 1.75. The second-order valence-electron chi connectivity index (χ2n) is 11.6. The lowest BCUT2D eigenvalue weighted by Gasteiger charge is -2.38. The number of nitrogens with zero attached hydrogens (tertiary/aromatic N) is 3. The van der Waals surface area contributed by atoms with E-state index in [1.165, 1.54) is 0 Å². The largest absolute Gasteiger partial charge is 0.381 e. The van der Waals surface area contributed by atoms with Gasteiger partial charge in [0.25, 0.3) is 0 Å². The van der Waals surface area contributed by atoms with Crippen LogP contribution in [0.15, 0.2) is 30.3 Å². The zero-order chi connectivity index (χ0) is 28.6.